The summed E-state index contributed by atoms with van der Waals surface area (Å²) in [6.45, 7) is 4.57. The maximum absolute atomic E-state index is 13.9. The smallest absolute Gasteiger partial charge is 0.297 e. The van der Waals surface area contributed by atoms with Crippen molar-refractivity contribution in [1.82, 2.24) is 10.2 Å². The van der Waals surface area contributed by atoms with Crippen LogP contribution < -0.4 is 19.8 Å². The first-order valence-corrected chi connectivity index (χ1v) is 11.4. The van der Waals surface area contributed by atoms with E-state index in [9.17, 15) is 14.0 Å². The maximum atomic E-state index is 13.9. The van der Waals surface area contributed by atoms with Crippen molar-refractivity contribution in [2.24, 2.45) is 5.92 Å². The van der Waals surface area contributed by atoms with E-state index in [2.05, 4.69) is 10.2 Å². The van der Waals surface area contributed by atoms with E-state index in [1.54, 1.807) is 18.2 Å². The van der Waals surface area contributed by atoms with Crippen LogP contribution in [0, 0.1) is 11.7 Å². The summed E-state index contributed by atoms with van der Waals surface area (Å²) in [4.78, 5) is 28.3. The van der Waals surface area contributed by atoms with Crippen LogP contribution in [0.25, 0.3) is 11.0 Å². The number of amides is 1. The zero-order chi connectivity index (χ0) is 24.0. The van der Waals surface area contributed by atoms with Crippen LogP contribution in [0.3, 0.4) is 0 Å². The van der Waals surface area contributed by atoms with Crippen molar-refractivity contribution in [2.45, 2.75) is 19.9 Å². The fourth-order valence-corrected chi connectivity index (χ4v) is 4.54. The minimum atomic E-state index is -0.868. The standard InChI is InChI=1S/C24H20FN3O5S/c1-12(2)10-32-17-6-4-13(8-18(17)31-3)20-19-21(29)15-9-14(25)5-7-16(15)33-22(19)23(30)28(20)24-27-26-11-34-24/h4-9,11-12,20H,10H2,1-3H3. The first-order valence-electron chi connectivity index (χ1n) is 10.6. The van der Waals surface area contributed by atoms with Crippen molar-refractivity contribution in [1.29, 1.82) is 0 Å². The molecule has 5 rings (SSSR count). The largest absolute Gasteiger partial charge is 0.493 e. The highest BCUT2D eigenvalue weighted by Gasteiger charge is 2.45. The van der Waals surface area contributed by atoms with E-state index in [1.165, 1.54) is 29.7 Å². The summed E-state index contributed by atoms with van der Waals surface area (Å²) in [5.74, 6) is 0.0968. The lowest BCUT2D eigenvalue weighted by Crippen LogP contribution is -2.29. The molecule has 0 radical (unpaired) electrons. The molecular weight excluding hydrogens is 461 g/mol. The molecule has 34 heavy (non-hydrogen) atoms. The molecule has 0 saturated carbocycles. The molecule has 0 saturated heterocycles. The van der Waals surface area contributed by atoms with Gasteiger partial charge in [0.1, 0.15) is 16.9 Å². The number of carbonyl (C=O) groups excluding carboxylic acids is 1. The zero-order valence-electron chi connectivity index (χ0n) is 18.6. The predicted octanol–water partition coefficient (Wildman–Crippen LogP) is 4.58. The molecule has 0 aliphatic carbocycles. The fourth-order valence-electron chi connectivity index (χ4n) is 3.96. The third kappa shape index (κ3) is 3.60. The molecule has 2 aromatic heterocycles. The number of ether oxygens (including phenoxy) is 2. The second-order valence-electron chi connectivity index (χ2n) is 8.23. The third-order valence-electron chi connectivity index (χ3n) is 5.46. The lowest BCUT2D eigenvalue weighted by atomic mass is 9.98. The van der Waals surface area contributed by atoms with Crippen molar-refractivity contribution in [3.8, 4) is 11.5 Å². The molecule has 174 valence electrons. The molecule has 0 fully saturated rings. The Hall–Kier alpha value is -3.79. The normalized spacial score (nSPS) is 15.3. The summed E-state index contributed by atoms with van der Waals surface area (Å²) in [5.41, 5.74) is 1.83. The van der Waals surface area contributed by atoms with Gasteiger partial charge in [-0.15, -0.1) is 10.2 Å². The summed E-state index contributed by atoms with van der Waals surface area (Å²) in [7, 11) is 1.52. The molecule has 4 aromatic rings. The number of methoxy groups -OCH3 is 1. The van der Waals surface area contributed by atoms with Crippen LogP contribution in [0.2, 0.25) is 0 Å². The number of benzene rings is 2. The highest BCUT2D eigenvalue weighted by molar-refractivity contribution is 7.13. The van der Waals surface area contributed by atoms with E-state index in [0.717, 1.165) is 17.4 Å². The van der Waals surface area contributed by atoms with Crippen molar-refractivity contribution >= 4 is 33.3 Å². The van der Waals surface area contributed by atoms with Crippen molar-refractivity contribution in [2.75, 3.05) is 18.6 Å². The molecule has 8 nitrogen and oxygen atoms in total. The van der Waals surface area contributed by atoms with Crippen LogP contribution in [-0.2, 0) is 0 Å². The summed E-state index contributed by atoms with van der Waals surface area (Å²) < 4.78 is 31.1. The Balaban J connectivity index is 1.72. The summed E-state index contributed by atoms with van der Waals surface area (Å²) in [5, 5.41) is 8.24. The number of halogens is 1. The van der Waals surface area contributed by atoms with Crippen molar-refractivity contribution < 1.29 is 23.1 Å². The van der Waals surface area contributed by atoms with Crippen molar-refractivity contribution in [3.05, 3.63) is 74.8 Å². The van der Waals surface area contributed by atoms with Crippen LogP contribution in [-0.4, -0.2) is 29.8 Å². The van der Waals surface area contributed by atoms with Crippen LogP contribution in [0.5, 0.6) is 11.5 Å². The Morgan fingerprint density at radius 2 is 2.00 bits per heavy atom. The summed E-state index contributed by atoms with van der Waals surface area (Å²) >= 11 is 1.15. The first kappa shape index (κ1) is 22.0. The van der Waals surface area contributed by atoms with Gasteiger partial charge in [-0.1, -0.05) is 31.3 Å². The molecule has 1 aliphatic rings. The van der Waals surface area contributed by atoms with Crippen LogP contribution >= 0.6 is 11.3 Å². The third-order valence-corrected chi connectivity index (χ3v) is 6.15. The summed E-state index contributed by atoms with van der Waals surface area (Å²) in [6.07, 6.45) is 0. The maximum Gasteiger partial charge on any atom is 0.297 e. The second kappa shape index (κ2) is 8.53. The monoisotopic (exact) mass is 481 g/mol. The van der Waals surface area contributed by atoms with E-state index in [4.69, 9.17) is 13.9 Å². The van der Waals surface area contributed by atoms with Gasteiger partial charge in [0.25, 0.3) is 5.91 Å². The number of anilines is 1. The van der Waals surface area contributed by atoms with Crippen molar-refractivity contribution in [3.63, 3.8) is 0 Å². The van der Waals surface area contributed by atoms with Gasteiger partial charge in [0.2, 0.25) is 10.9 Å². The van der Waals surface area contributed by atoms with Gasteiger partial charge in [-0.25, -0.2) is 4.39 Å². The lowest BCUT2D eigenvalue weighted by Gasteiger charge is -2.23. The molecule has 0 N–H and O–H groups in total. The average molecular weight is 482 g/mol. The number of carbonyl (C=O) groups is 1. The highest BCUT2D eigenvalue weighted by atomic mass is 32.1. The molecule has 0 spiro atoms. The second-order valence-corrected chi connectivity index (χ2v) is 9.04. The van der Waals surface area contributed by atoms with E-state index in [-0.39, 0.29) is 22.3 Å². The van der Waals surface area contributed by atoms with Crippen LogP contribution in [0.1, 0.15) is 41.6 Å². The Kier molecular flexibility index (Phi) is 5.52. The number of hydrogen-bond donors (Lipinski definition) is 0. The number of fused-ring (bicyclic) bond motifs is 2. The van der Waals surface area contributed by atoms with E-state index < -0.39 is 23.2 Å². The summed E-state index contributed by atoms with van der Waals surface area (Å²) in [6, 6.07) is 7.97. The van der Waals surface area contributed by atoms with Gasteiger partial charge < -0.3 is 13.9 Å². The van der Waals surface area contributed by atoms with Gasteiger partial charge in [-0.3, -0.25) is 14.5 Å². The van der Waals surface area contributed by atoms with Gasteiger partial charge >= 0.3 is 0 Å². The molecule has 1 unspecified atom stereocenters. The molecule has 1 atom stereocenters. The number of rotatable bonds is 6. The van der Waals surface area contributed by atoms with Gasteiger partial charge in [-0.2, -0.15) is 0 Å². The van der Waals surface area contributed by atoms with Gasteiger partial charge in [0, 0.05) is 0 Å². The Bertz CT molecular complexity index is 1450. The zero-order valence-corrected chi connectivity index (χ0v) is 19.4. The van der Waals surface area contributed by atoms with Gasteiger partial charge in [0.15, 0.2) is 16.9 Å². The van der Waals surface area contributed by atoms with E-state index >= 15 is 0 Å². The topological polar surface area (TPSA) is 94.8 Å². The lowest BCUT2D eigenvalue weighted by molar-refractivity contribution is 0.0970. The predicted molar refractivity (Wildman–Crippen MR) is 124 cm³/mol. The molecule has 2 aromatic carbocycles. The highest BCUT2D eigenvalue weighted by Crippen LogP contribution is 2.43. The SMILES string of the molecule is COc1cc(C2c3c(oc4ccc(F)cc4c3=O)C(=O)N2c2nncs2)ccc1OCC(C)C. The molecule has 1 aliphatic heterocycles. The fraction of sp³-hybridized carbons (Fsp3) is 0.250. The molecule has 3 heterocycles. The Morgan fingerprint density at radius 1 is 1.18 bits per heavy atom. The molecular formula is C24H20FN3O5S. The molecule has 10 heteroatoms. The van der Waals surface area contributed by atoms with Gasteiger partial charge in [-0.05, 0) is 41.8 Å². The Morgan fingerprint density at radius 3 is 2.71 bits per heavy atom. The van der Waals surface area contributed by atoms with Gasteiger partial charge in [0.05, 0.1) is 30.7 Å². The molecule has 1 amide bonds. The minimum Gasteiger partial charge on any atom is -0.493 e. The quantitative estimate of drug-likeness (QED) is 0.398. The number of hydrogen-bond acceptors (Lipinski definition) is 8. The average Bonchev–Trinajstić information content (AvgIpc) is 3.45. The van der Waals surface area contributed by atoms with Crippen LogP contribution in [0.4, 0.5) is 9.52 Å². The first-order chi connectivity index (χ1) is 16.4. The molecule has 0 bridgehead atoms. The number of aromatic nitrogens is 2. The van der Waals surface area contributed by atoms with E-state index in [1.807, 2.05) is 13.8 Å². The van der Waals surface area contributed by atoms with E-state index in [0.29, 0.717) is 34.7 Å². The minimum absolute atomic E-state index is 0.0551. The Labute approximate surface area is 197 Å². The van der Waals surface area contributed by atoms with Crippen LogP contribution in [0.15, 0.2) is 51.1 Å². The number of nitrogens with zero attached hydrogens (tertiary/aromatic N) is 3.